The van der Waals surface area contributed by atoms with Crippen molar-refractivity contribution in [1.82, 2.24) is 0 Å². The Hall–Kier alpha value is -0.340. The third kappa shape index (κ3) is 2.04. The van der Waals surface area contributed by atoms with Crippen LogP contribution < -0.4 is 0 Å². The second kappa shape index (κ2) is 3.88. The SMILES string of the molecule is O=CCc1cccc(Br)c1Cl. The first kappa shape index (κ1) is 8.75. The molecule has 0 aromatic heterocycles. The molecule has 0 fully saturated rings. The first-order valence-corrected chi connectivity index (χ1v) is 4.29. The van der Waals surface area contributed by atoms with Crippen LogP contribution in [0.1, 0.15) is 5.56 Å². The van der Waals surface area contributed by atoms with E-state index in [1.165, 1.54) is 0 Å². The van der Waals surface area contributed by atoms with Crippen LogP contribution in [0.4, 0.5) is 0 Å². The lowest BCUT2D eigenvalue weighted by atomic mass is 10.2. The molecule has 0 aliphatic carbocycles. The summed E-state index contributed by atoms with van der Waals surface area (Å²) in [6.45, 7) is 0. The quantitative estimate of drug-likeness (QED) is 0.718. The second-order valence-electron chi connectivity index (χ2n) is 2.08. The smallest absolute Gasteiger partial charge is 0.124 e. The van der Waals surface area contributed by atoms with Crippen LogP contribution in [0.3, 0.4) is 0 Å². The van der Waals surface area contributed by atoms with Crippen molar-refractivity contribution in [3.05, 3.63) is 33.3 Å². The molecule has 3 heteroatoms. The predicted octanol–water partition coefficient (Wildman–Crippen LogP) is 2.84. The molecule has 11 heavy (non-hydrogen) atoms. The molecule has 0 N–H and O–H groups in total. The van der Waals surface area contributed by atoms with Crippen LogP contribution in [0, 0.1) is 0 Å². The van der Waals surface area contributed by atoms with Crippen molar-refractivity contribution in [2.75, 3.05) is 0 Å². The van der Waals surface area contributed by atoms with Gasteiger partial charge >= 0.3 is 0 Å². The van der Waals surface area contributed by atoms with E-state index in [9.17, 15) is 4.79 Å². The Balaban J connectivity index is 3.05. The fraction of sp³-hybridized carbons (Fsp3) is 0.125. The summed E-state index contributed by atoms with van der Waals surface area (Å²) in [5, 5.41) is 0.625. The molecule has 0 heterocycles. The molecule has 1 aromatic carbocycles. The average molecular weight is 233 g/mol. The molecule has 0 aliphatic heterocycles. The van der Waals surface area contributed by atoms with E-state index in [1.54, 1.807) is 0 Å². The van der Waals surface area contributed by atoms with Gasteiger partial charge in [0.1, 0.15) is 6.29 Å². The summed E-state index contributed by atoms with van der Waals surface area (Å²) in [6.07, 6.45) is 1.21. The van der Waals surface area contributed by atoms with E-state index in [-0.39, 0.29) is 0 Å². The van der Waals surface area contributed by atoms with Gasteiger partial charge in [-0.05, 0) is 27.6 Å². The van der Waals surface area contributed by atoms with Crippen molar-refractivity contribution >= 4 is 33.8 Å². The third-order valence-corrected chi connectivity index (χ3v) is 2.67. The average Bonchev–Trinajstić information content (AvgIpc) is 1.99. The van der Waals surface area contributed by atoms with Gasteiger partial charge in [-0.25, -0.2) is 0 Å². The van der Waals surface area contributed by atoms with Crippen molar-refractivity contribution in [2.45, 2.75) is 6.42 Å². The Morgan fingerprint density at radius 2 is 2.27 bits per heavy atom. The van der Waals surface area contributed by atoms with E-state index in [0.29, 0.717) is 11.4 Å². The molecule has 1 aromatic rings. The molecule has 0 radical (unpaired) electrons. The molecule has 0 bridgehead atoms. The van der Waals surface area contributed by atoms with Crippen LogP contribution in [0.2, 0.25) is 5.02 Å². The molecule has 0 saturated carbocycles. The Kier molecular flexibility index (Phi) is 3.09. The minimum Gasteiger partial charge on any atom is -0.303 e. The maximum atomic E-state index is 10.2. The summed E-state index contributed by atoms with van der Waals surface area (Å²) in [5.41, 5.74) is 0.857. The second-order valence-corrected chi connectivity index (χ2v) is 3.32. The van der Waals surface area contributed by atoms with Gasteiger partial charge in [0.2, 0.25) is 0 Å². The largest absolute Gasteiger partial charge is 0.303 e. The van der Waals surface area contributed by atoms with E-state index in [2.05, 4.69) is 15.9 Å². The Morgan fingerprint density at radius 3 is 2.91 bits per heavy atom. The molecule has 0 unspecified atom stereocenters. The number of rotatable bonds is 2. The van der Waals surface area contributed by atoms with E-state index in [1.807, 2.05) is 18.2 Å². The van der Waals surface area contributed by atoms with Crippen molar-refractivity contribution in [3.63, 3.8) is 0 Å². The minimum absolute atomic E-state index is 0.373. The normalized spacial score (nSPS) is 9.64. The summed E-state index contributed by atoms with van der Waals surface area (Å²) < 4.78 is 0.832. The van der Waals surface area contributed by atoms with Crippen LogP contribution in [0.15, 0.2) is 22.7 Å². The Bertz CT molecular complexity index is 273. The van der Waals surface area contributed by atoms with Gasteiger partial charge in [-0.3, -0.25) is 0 Å². The highest BCUT2D eigenvalue weighted by Crippen LogP contribution is 2.25. The molecule has 0 spiro atoms. The number of hydrogen-bond donors (Lipinski definition) is 0. The van der Waals surface area contributed by atoms with E-state index >= 15 is 0 Å². The van der Waals surface area contributed by atoms with E-state index in [4.69, 9.17) is 11.6 Å². The minimum atomic E-state index is 0.373. The van der Waals surface area contributed by atoms with Gasteiger partial charge in [-0.2, -0.15) is 0 Å². The van der Waals surface area contributed by atoms with Gasteiger partial charge in [0, 0.05) is 10.9 Å². The van der Waals surface area contributed by atoms with Crippen molar-refractivity contribution in [2.24, 2.45) is 0 Å². The zero-order valence-corrected chi connectivity index (χ0v) is 8.02. The number of carbonyl (C=O) groups excluding carboxylic acids is 1. The van der Waals surface area contributed by atoms with Gasteiger partial charge < -0.3 is 4.79 Å². The molecular weight excluding hydrogens is 227 g/mol. The number of benzene rings is 1. The lowest BCUT2D eigenvalue weighted by Gasteiger charge is -2.00. The maximum absolute atomic E-state index is 10.2. The zero-order chi connectivity index (χ0) is 8.27. The molecule has 0 atom stereocenters. The molecule has 0 saturated heterocycles. The van der Waals surface area contributed by atoms with Crippen LogP contribution in [-0.2, 0) is 11.2 Å². The van der Waals surface area contributed by atoms with Gasteiger partial charge in [-0.1, -0.05) is 23.7 Å². The van der Waals surface area contributed by atoms with E-state index in [0.717, 1.165) is 16.3 Å². The predicted molar refractivity (Wildman–Crippen MR) is 48.9 cm³/mol. The molecule has 1 rings (SSSR count). The molecule has 0 amide bonds. The molecule has 58 valence electrons. The zero-order valence-electron chi connectivity index (χ0n) is 5.68. The highest BCUT2D eigenvalue weighted by atomic mass is 79.9. The summed E-state index contributed by atoms with van der Waals surface area (Å²) in [4.78, 5) is 10.2. The summed E-state index contributed by atoms with van der Waals surface area (Å²) >= 11 is 9.13. The van der Waals surface area contributed by atoms with Crippen molar-refractivity contribution < 1.29 is 4.79 Å². The standard InChI is InChI=1S/C8H6BrClO/c9-7-3-1-2-6(4-5-11)8(7)10/h1-3,5H,4H2. The monoisotopic (exact) mass is 232 g/mol. The number of aldehydes is 1. The molecule has 1 nitrogen and oxygen atoms in total. The number of halogens is 2. The van der Waals surface area contributed by atoms with Gasteiger partial charge in [-0.15, -0.1) is 0 Å². The van der Waals surface area contributed by atoms with Gasteiger partial charge in [0.05, 0.1) is 5.02 Å². The first-order valence-electron chi connectivity index (χ1n) is 3.12. The van der Waals surface area contributed by atoms with Crippen molar-refractivity contribution in [3.8, 4) is 0 Å². The van der Waals surface area contributed by atoms with Crippen LogP contribution in [-0.4, -0.2) is 6.29 Å². The van der Waals surface area contributed by atoms with Crippen LogP contribution >= 0.6 is 27.5 Å². The molecule has 0 aliphatic rings. The topological polar surface area (TPSA) is 17.1 Å². The van der Waals surface area contributed by atoms with Crippen LogP contribution in [0.25, 0.3) is 0 Å². The summed E-state index contributed by atoms with van der Waals surface area (Å²) in [7, 11) is 0. The molecular formula is C8H6BrClO. The Labute approximate surface area is 78.5 Å². The fourth-order valence-electron chi connectivity index (χ4n) is 0.796. The maximum Gasteiger partial charge on any atom is 0.124 e. The third-order valence-electron chi connectivity index (χ3n) is 1.33. The number of hydrogen-bond acceptors (Lipinski definition) is 1. The highest BCUT2D eigenvalue weighted by Gasteiger charge is 2.01. The van der Waals surface area contributed by atoms with Gasteiger partial charge in [0.15, 0.2) is 0 Å². The van der Waals surface area contributed by atoms with Gasteiger partial charge in [0.25, 0.3) is 0 Å². The Morgan fingerprint density at radius 1 is 1.55 bits per heavy atom. The lowest BCUT2D eigenvalue weighted by Crippen LogP contribution is -1.86. The number of carbonyl (C=O) groups is 1. The van der Waals surface area contributed by atoms with Crippen molar-refractivity contribution in [1.29, 1.82) is 0 Å². The summed E-state index contributed by atoms with van der Waals surface area (Å²) in [6, 6.07) is 5.53. The van der Waals surface area contributed by atoms with E-state index < -0.39 is 0 Å². The lowest BCUT2D eigenvalue weighted by molar-refractivity contribution is -0.107. The first-order chi connectivity index (χ1) is 5.25. The highest BCUT2D eigenvalue weighted by molar-refractivity contribution is 9.10. The fourth-order valence-corrected chi connectivity index (χ4v) is 1.41. The summed E-state index contributed by atoms with van der Waals surface area (Å²) in [5.74, 6) is 0. The van der Waals surface area contributed by atoms with Crippen LogP contribution in [0.5, 0.6) is 0 Å².